The average molecular weight is 342 g/mol. The van der Waals surface area contributed by atoms with Gasteiger partial charge in [-0.1, -0.05) is 69.9 Å². The van der Waals surface area contributed by atoms with E-state index < -0.39 is 8.60 Å². The van der Waals surface area contributed by atoms with Crippen molar-refractivity contribution in [2.45, 2.75) is 46.0 Å². The van der Waals surface area contributed by atoms with Gasteiger partial charge in [-0.3, -0.25) is 0 Å². The lowest BCUT2D eigenvalue weighted by Gasteiger charge is -2.21. The molecule has 0 saturated heterocycles. The van der Waals surface area contributed by atoms with E-state index in [9.17, 15) is 0 Å². The summed E-state index contributed by atoms with van der Waals surface area (Å²) < 4.78 is 17.4. The summed E-state index contributed by atoms with van der Waals surface area (Å²) in [5, 5.41) is 0. The molecule has 2 aromatic rings. The summed E-state index contributed by atoms with van der Waals surface area (Å²) in [5.74, 6) is 3.27. The third-order valence-corrected chi connectivity index (χ3v) is 5.94. The zero-order valence-corrected chi connectivity index (χ0v) is 15.1. The lowest BCUT2D eigenvalue weighted by atomic mass is 9.87. The first kappa shape index (κ1) is 15.8. The van der Waals surface area contributed by atoms with Crippen LogP contribution in [0.15, 0.2) is 36.4 Å². The zero-order valence-electron chi connectivity index (χ0n) is 14.2. The van der Waals surface area contributed by atoms with Crippen LogP contribution in [0, 0.1) is 5.92 Å². The van der Waals surface area contributed by atoms with Crippen molar-refractivity contribution < 1.29 is 13.6 Å². The topological polar surface area (TPSA) is 27.7 Å². The van der Waals surface area contributed by atoms with Crippen molar-refractivity contribution in [3.63, 3.8) is 0 Å². The number of hydrogen-bond acceptors (Lipinski definition) is 3. The highest BCUT2D eigenvalue weighted by Gasteiger charge is 2.43. The Morgan fingerprint density at radius 3 is 2.50 bits per heavy atom. The third-order valence-electron chi connectivity index (χ3n) is 4.93. The van der Waals surface area contributed by atoms with E-state index in [1.807, 2.05) is 0 Å². The molecule has 2 bridgehead atoms. The number of rotatable bonds is 7. The second-order valence-corrected chi connectivity index (χ2v) is 7.54. The molecule has 0 fully saturated rings. The summed E-state index contributed by atoms with van der Waals surface area (Å²) in [4.78, 5) is 0. The van der Waals surface area contributed by atoms with Gasteiger partial charge in [0.1, 0.15) is 0 Å². The number of benzene rings is 2. The Bertz CT molecular complexity index is 729. The monoisotopic (exact) mass is 342 g/mol. The summed E-state index contributed by atoms with van der Waals surface area (Å²) in [7, 11) is -1.23. The van der Waals surface area contributed by atoms with Crippen LogP contribution in [-0.2, 0) is 6.42 Å². The van der Waals surface area contributed by atoms with E-state index in [0.29, 0.717) is 5.92 Å². The van der Waals surface area contributed by atoms with Crippen LogP contribution in [0.1, 0.15) is 45.1 Å². The smallest absolute Gasteiger partial charge is 0.404 e. The number of fused-ring (bicyclic) bond motifs is 1. The summed E-state index contributed by atoms with van der Waals surface area (Å²) in [6, 6.07) is 12.7. The molecule has 0 aliphatic carbocycles. The standard InChI is InChI=1S/C20H23O3P/c1-3-5-9-14(4-2)12-17-16(15-10-7-6-8-11-15)13-18-20-19(17)22-24(21-18)23-20/h6-8,10-11,13-14H,3-5,9,12H2,1-2H3. The fourth-order valence-electron chi connectivity index (χ4n) is 3.50. The molecule has 2 atom stereocenters. The quantitative estimate of drug-likeness (QED) is 0.537. The number of hydrogen-bond donors (Lipinski definition) is 0. The lowest BCUT2D eigenvalue weighted by Crippen LogP contribution is -2.07. The van der Waals surface area contributed by atoms with Gasteiger partial charge in [-0.2, -0.15) is 0 Å². The van der Waals surface area contributed by atoms with Gasteiger partial charge in [-0.05, 0) is 29.5 Å². The Morgan fingerprint density at radius 2 is 1.79 bits per heavy atom. The van der Waals surface area contributed by atoms with E-state index in [2.05, 4.69) is 50.2 Å². The van der Waals surface area contributed by atoms with E-state index in [-0.39, 0.29) is 0 Å². The summed E-state index contributed by atoms with van der Waals surface area (Å²) >= 11 is 0. The molecule has 2 unspecified atom stereocenters. The van der Waals surface area contributed by atoms with Crippen LogP contribution in [0.25, 0.3) is 11.1 Å². The van der Waals surface area contributed by atoms with Crippen LogP contribution >= 0.6 is 8.60 Å². The van der Waals surface area contributed by atoms with Crippen molar-refractivity contribution >= 4 is 8.60 Å². The molecule has 0 radical (unpaired) electrons. The van der Waals surface area contributed by atoms with Crippen LogP contribution in [0.2, 0.25) is 0 Å². The predicted molar refractivity (Wildman–Crippen MR) is 97.7 cm³/mol. The molecule has 0 saturated carbocycles. The van der Waals surface area contributed by atoms with Crippen molar-refractivity contribution in [2.24, 2.45) is 5.92 Å². The lowest BCUT2D eigenvalue weighted by molar-refractivity contribution is 0.434. The second-order valence-electron chi connectivity index (χ2n) is 6.54. The van der Waals surface area contributed by atoms with Gasteiger partial charge in [0.2, 0.25) is 5.75 Å². The van der Waals surface area contributed by atoms with Crippen molar-refractivity contribution in [3.05, 3.63) is 42.0 Å². The van der Waals surface area contributed by atoms with E-state index in [0.717, 1.165) is 23.7 Å². The molecular weight excluding hydrogens is 319 g/mol. The predicted octanol–water partition coefficient (Wildman–Crippen LogP) is 6.50. The molecule has 4 heteroatoms. The minimum Gasteiger partial charge on any atom is -0.404 e. The summed E-state index contributed by atoms with van der Waals surface area (Å²) in [6.45, 7) is 4.55. The van der Waals surface area contributed by atoms with Gasteiger partial charge in [0.15, 0.2) is 11.5 Å². The highest BCUT2D eigenvalue weighted by Crippen LogP contribution is 2.66. The largest absolute Gasteiger partial charge is 0.530 e. The molecule has 4 rings (SSSR count). The van der Waals surface area contributed by atoms with E-state index in [4.69, 9.17) is 13.6 Å². The maximum Gasteiger partial charge on any atom is 0.530 e. The maximum atomic E-state index is 5.95. The Hall–Kier alpha value is -1.73. The van der Waals surface area contributed by atoms with Gasteiger partial charge in [-0.25, -0.2) is 0 Å². The first-order valence-electron chi connectivity index (χ1n) is 8.89. The first-order chi connectivity index (χ1) is 11.8. The van der Waals surface area contributed by atoms with Gasteiger partial charge < -0.3 is 13.6 Å². The SMILES string of the molecule is CCCCC(CC)Cc1c(-c2ccccc2)cc2c3c1OP(O2)O3. The second kappa shape index (κ2) is 6.64. The maximum absolute atomic E-state index is 5.95. The van der Waals surface area contributed by atoms with Gasteiger partial charge in [-0.15, -0.1) is 0 Å². The molecule has 2 heterocycles. The first-order valence-corrected chi connectivity index (χ1v) is 9.99. The summed E-state index contributed by atoms with van der Waals surface area (Å²) in [5.41, 5.74) is 3.72. The van der Waals surface area contributed by atoms with Crippen LogP contribution in [0.4, 0.5) is 0 Å². The van der Waals surface area contributed by atoms with Crippen LogP contribution in [0.5, 0.6) is 17.2 Å². The van der Waals surface area contributed by atoms with Crippen molar-refractivity contribution in [1.82, 2.24) is 0 Å². The van der Waals surface area contributed by atoms with Gasteiger partial charge in [0, 0.05) is 5.56 Å². The number of unbranched alkanes of at least 4 members (excludes halogenated alkanes) is 1. The van der Waals surface area contributed by atoms with Gasteiger partial charge in [0.05, 0.1) is 0 Å². The minimum absolute atomic E-state index is 0.679. The van der Waals surface area contributed by atoms with Gasteiger partial charge in [0.25, 0.3) is 0 Å². The molecule has 0 N–H and O–H groups in total. The zero-order chi connectivity index (χ0) is 16.5. The Morgan fingerprint density at radius 1 is 1.00 bits per heavy atom. The minimum atomic E-state index is -1.23. The Labute approximate surface area is 144 Å². The van der Waals surface area contributed by atoms with Crippen molar-refractivity contribution in [1.29, 1.82) is 0 Å². The molecule has 2 aromatic carbocycles. The van der Waals surface area contributed by atoms with Crippen LogP contribution in [-0.4, -0.2) is 0 Å². The molecule has 2 aliphatic heterocycles. The fourth-order valence-corrected chi connectivity index (χ4v) is 4.57. The fraction of sp³-hybridized carbons (Fsp3) is 0.400. The van der Waals surface area contributed by atoms with Crippen molar-refractivity contribution in [2.75, 3.05) is 0 Å². The van der Waals surface area contributed by atoms with Crippen LogP contribution < -0.4 is 13.6 Å². The molecule has 3 nitrogen and oxygen atoms in total. The van der Waals surface area contributed by atoms with Crippen LogP contribution in [0.3, 0.4) is 0 Å². The highest BCUT2D eigenvalue weighted by molar-refractivity contribution is 7.44. The Balaban J connectivity index is 1.75. The summed E-state index contributed by atoms with van der Waals surface area (Å²) in [6.07, 6.45) is 6.03. The molecule has 0 spiro atoms. The average Bonchev–Trinajstić information content (AvgIpc) is 3.22. The molecule has 2 aliphatic rings. The highest BCUT2D eigenvalue weighted by atomic mass is 31.2. The Kier molecular flexibility index (Phi) is 4.37. The van der Waals surface area contributed by atoms with E-state index >= 15 is 0 Å². The molecule has 0 aromatic heterocycles. The third kappa shape index (κ3) is 2.75. The van der Waals surface area contributed by atoms with E-state index in [1.165, 1.54) is 42.4 Å². The van der Waals surface area contributed by atoms with Crippen molar-refractivity contribution in [3.8, 4) is 28.4 Å². The van der Waals surface area contributed by atoms with Gasteiger partial charge >= 0.3 is 8.60 Å². The van der Waals surface area contributed by atoms with E-state index in [1.54, 1.807) is 0 Å². The molecular formula is C20H23O3P. The molecule has 126 valence electrons. The normalized spacial score (nSPS) is 18.0. The molecule has 24 heavy (non-hydrogen) atoms. The molecule has 0 amide bonds.